The number of amides is 4. The number of nitrogen functional groups attached to an aromatic ring is 2. The normalized spacial score (nSPS) is 11.2. The SMILES string of the molecule is CC(C)(C)C(=O)Nc1ccc(C(=O)c2c(F)cccc2F)c(NC(=O)C(C)(C)C)n1.CC(C)(C)C(=O)Nc1cccc(NC(=O)C(C)(C)C)n1.Nc1ccc(C(=O)c2c(F)cccc2F)c(N)n1.O=C(Cl)c1c(F)cccc1F. The van der Waals surface area contributed by atoms with Crippen LogP contribution >= 0.6 is 11.6 Å². The number of rotatable bonds is 9. The van der Waals surface area contributed by atoms with Crippen molar-refractivity contribution in [3.8, 4) is 0 Å². The van der Waals surface area contributed by atoms with Crippen LogP contribution in [0.2, 0.25) is 0 Å². The lowest BCUT2D eigenvalue weighted by Gasteiger charge is -2.20. The molecule has 0 saturated heterocycles. The van der Waals surface area contributed by atoms with Crippen LogP contribution in [0.25, 0.3) is 0 Å². The van der Waals surface area contributed by atoms with Crippen molar-refractivity contribution in [1.29, 1.82) is 0 Å². The van der Waals surface area contributed by atoms with Gasteiger partial charge in [0.1, 0.15) is 75.4 Å². The van der Waals surface area contributed by atoms with Crippen LogP contribution in [0.3, 0.4) is 0 Å². The van der Waals surface area contributed by atoms with E-state index >= 15 is 0 Å². The summed E-state index contributed by atoms with van der Waals surface area (Å²) in [7, 11) is 0. The molecule has 3 heterocycles. The Labute approximate surface area is 457 Å². The topological polar surface area (TPSA) is 258 Å². The highest BCUT2D eigenvalue weighted by atomic mass is 35.5. The van der Waals surface area contributed by atoms with Gasteiger partial charge in [-0.1, -0.05) is 107 Å². The molecule has 3 aromatic carbocycles. The lowest BCUT2D eigenvalue weighted by atomic mass is 9.95. The van der Waals surface area contributed by atoms with Crippen molar-refractivity contribution in [3.05, 3.63) is 160 Å². The van der Waals surface area contributed by atoms with Gasteiger partial charge in [-0.2, -0.15) is 0 Å². The Morgan fingerprint density at radius 2 is 0.696 bits per heavy atom. The summed E-state index contributed by atoms with van der Waals surface area (Å²) in [6.07, 6.45) is 0. The van der Waals surface area contributed by atoms with E-state index in [1.54, 1.807) is 59.7 Å². The first-order valence-electron chi connectivity index (χ1n) is 23.7. The third kappa shape index (κ3) is 18.9. The van der Waals surface area contributed by atoms with Gasteiger partial charge in [-0.15, -0.1) is 0 Å². The minimum atomic E-state index is -1.12. The quantitative estimate of drug-likeness (QED) is 0.0449. The van der Waals surface area contributed by atoms with Gasteiger partial charge < -0.3 is 32.7 Å². The monoisotopic (exact) mass is 1120 g/mol. The summed E-state index contributed by atoms with van der Waals surface area (Å²) in [5, 5.41) is 9.47. The minimum absolute atomic E-state index is 0.0877. The molecule has 6 rings (SSSR count). The number of hydrogen-bond acceptors (Lipinski definition) is 12. The Kier molecular flexibility index (Phi) is 21.9. The van der Waals surface area contributed by atoms with Crippen LogP contribution < -0.4 is 32.7 Å². The molecule has 0 aliphatic rings. The van der Waals surface area contributed by atoms with E-state index in [1.165, 1.54) is 30.3 Å². The molecule has 0 aliphatic carbocycles. The number of anilines is 6. The average molecular weight is 1120 g/mol. The number of ketones is 2. The first-order valence-corrected chi connectivity index (χ1v) is 24.1. The Balaban J connectivity index is 0.000000293. The fourth-order valence-corrected chi connectivity index (χ4v) is 5.84. The maximum atomic E-state index is 14.1. The predicted octanol–water partition coefficient (Wildman–Crippen LogP) is 11.7. The predicted molar refractivity (Wildman–Crippen MR) is 290 cm³/mol. The molecule has 0 aliphatic heterocycles. The van der Waals surface area contributed by atoms with E-state index in [-0.39, 0.29) is 52.1 Å². The second-order valence-electron chi connectivity index (χ2n) is 21.2. The molecule has 23 heteroatoms. The number of aromatic nitrogens is 3. The Bertz CT molecular complexity index is 3170. The summed E-state index contributed by atoms with van der Waals surface area (Å²) in [4.78, 5) is 95.8. The third-order valence-electron chi connectivity index (χ3n) is 10.3. The molecule has 3 aromatic heterocycles. The number of nitrogens with zero attached hydrogens (tertiary/aromatic N) is 3. The number of carbonyl (C=O) groups is 7. The molecular weight excluding hydrogens is 1060 g/mol. The van der Waals surface area contributed by atoms with Crippen LogP contribution in [0.15, 0.2) is 97.1 Å². The van der Waals surface area contributed by atoms with E-state index in [4.69, 9.17) is 23.1 Å². The van der Waals surface area contributed by atoms with Crippen molar-refractivity contribution >= 4 is 86.9 Å². The first-order chi connectivity index (χ1) is 36.3. The van der Waals surface area contributed by atoms with E-state index in [0.29, 0.717) is 11.6 Å². The molecule has 0 spiro atoms. The second kappa shape index (κ2) is 26.7. The Hall–Kier alpha value is -8.53. The number of halogens is 7. The van der Waals surface area contributed by atoms with Crippen molar-refractivity contribution < 1.29 is 59.9 Å². The van der Waals surface area contributed by atoms with Crippen molar-refractivity contribution in [2.24, 2.45) is 21.7 Å². The van der Waals surface area contributed by atoms with Gasteiger partial charge in [0, 0.05) is 21.7 Å². The summed E-state index contributed by atoms with van der Waals surface area (Å²) in [5.41, 5.74) is 5.96. The lowest BCUT2D eigenvalue weighted by Crippen LogP contribution is -2.30. The van der Waals surface area contributed by atoms with E-state index in [1.807, 2.05) is 41.5 Å². The van der Waals surface area contributed by atoms with Crippen LogP contribution in [0.5, 0.6) is 0 Å². The molecule has 0 radical (unpaired) electrons. The Morgan fingerprint density at radius 3 is 1.03 bits per heavy atom. The molecule has 8 N–H and O–H groups in total. The van der Waals surface area contributed by atoms with Crippen molar-refractivity contribution in [1.82, 2.24) is 15.0 Å². The summed E-state index contributed by atoms with van der Waals surface area (Å²) < 4.78 is 80.3. The van der Waals surface area contributed by atoms with Crippen LogP contribution in [0.1, 0.15) is 125 Å². The Morgan fingerprint density at radius 1 is 0.392 bits per heavy atom. The summed E-state index contributed by atoms with van der Waals surface area (Å²) in [6.45, 7) is 21.1. The largest absolute Gasteiger partial charge is 0.384 e. The van der Waals surface area contributed by atoms with Gasteiger partial charge in [-0.3, -0.25) is 33.6 Å². The lowest BCUT2D eigenvalue weighted by molar-refractivity contribution is -0.123. The van der Waals surface area contributed by atoms with E-state index in [9.17, 15) is 59.9 Å². The molecule has 0 bridgehead atoms. The van der Waals surface area contributed by atoms with Gasteiger partial charge in [-0.05, 0) is 84.4 Å². The zero-order valence-corrected chi connectivity index (χ0v) is 46.0. The van der Waals surface area contributed by atoms with Crippen LogP contribution in [-0.4, -0.2) is 55.4 Å². The number of nitrogens with two attached hydrogens (primary N) is 2. The highest BCUT2D eigenvalue weighted by molar-refractivity contribution is 6.67. The molecule has 4 amide bonds. The van der Waals surface area contributed by atoms with Crippen molar-refractivity contribution in [3.63, 3.8) is 0 Å². The third-order valence-corrected chi connectivity index (χ3v) is 10.5. The van der Waals surface area contributed by atoms with E-state index in [2.05, 4.69) is 36.2 Å². The summed E-state index contributed by atoms with van der Waals surface area (Å²) >= 11 is 4.89. The fraction of sp³-hybridized carbons (Fsp3) is 0.286. The summed E-state index contributed by atoms with van der Waals surface area (Å²) in [6, 6.07) is 19.7. The molecule has 16 nitrogen and oxygen atoms in total. The number of carbonyl (C=O) groups excluding carboxylic acids is 7. The maximum Gasteiger partial charge on any atom is 0.258 e. The molecular formula is C56H60ClF6N9O7. The molecule has 0 unspecified atom stereocenters. The molecule has 79 heavy (non-hydrogen) atoms. The van der Waals surface area contributed by atoms with Crippen LogP contribution in [0.4, 0.5) is 61.2 Å². The number of pyridine rings is 3. The molecule has 6 aromatic rings. The van der Waals surface area contributed by atoms with Gasteiger partial charge >= 0.3 is 0 Å². The number of nitrogens with one attached hydrogen (secondary N) is 4. The zero-order chi connectivity index (χ0) is 60.1. The van der Waals surface area contributed by atoms with Gasteiger partial charge in [0.05, 0.1) is 22.3 Å². The van der Waals surface area contributed by atoms with Gasteiger partial charge in [0.15, 0.2) is 0 Å². The van der Waals surface area contributed by atoms with E-state index in [0.717, 1.165) is 48.5 Å². The molecule has 0 atom stereocenters. The number of benzene rings is 3. The van der Waals surface area contributed by atoms with Gasteiger partial charge in [0.2, 0.25) is 35.2 Å². The smallest absolute Gasteiger partial charge is 0.258 e. The first kappa shape index (κ1) is 64.8. The highest BCUT2D eigenvalue weighted by Crippen LogP contribution is 2.28. The summed E-state index contributed by atoms with van der Waals surface area (Å²) in [5.74, 6) is -8.01. The van der Waals surface area contributed by atoms with Crippen LogP contribution in [-0.2, 0) is 19.2 Å². The van der Waals surface area contributed by atoms with Crippen molar-refractivity contribution in [2.75, 3.05) is 32.7 Å². The van der Waals surface area contributed by atoms with Crippen molar-refractivity contribution in [2.45, 2.75) is 83.1 Å². The second-order valence-corrected chi connectivity index (χ2v) is 21.6. The standard InChI is InChI=1S/C22H25F2N3O3.C15H23N3O2.C12H9F2N3O.C7H3ClF2O/c1-21(2,3)19(29)26-15-11-10-12(18(25-15)27-20(30)22(4,5)6)17(28)16-13(23)8-7-9-14(16)24;1-14(2,3)12(19)17-10-8-7-9-11(16-10)18-13(20)15(4,5)6;13-7-2-1-3-8(14)10(7)11(18)6-4-5-9(15)17-12(6)16;8-7(11)6-4(9)2-1-3-5(6)10/h7-11H,1-6H3,(H2,25,26,27,29,30);7-9H,1-6H3,(H2,16,17,18,19,20);1-5H,(H4,15,16,17);1-3H. The zero-order valence-electron chi connectivity index (χ0n) is 45.2. The van der Waals surface area contributed by atoms with Crippen LogP contribution in [0, 0.1) is 56.6 Å². The maximum absolute atomic E-state index is 14.1. The minimum Gasteiger partial charge on any atom is -0.384 e. The molecule has 420 valence electrons. The van der Waals surface area contributed by atoms with Gasteiger partial charge in [0.25, 0.3) is 5.24 Å². The fourth-order valence-electron chi connectivity index (χ4n) is 5.65. The molecule has 0 fully saturated rings. The highest BCUT2D eigenvalue weighted by Gasteiger charge is 2.29. The van der Waals surface area contributed by atoms with E-state index < -0.39 is 96.0 Å². The molecule has 0 saturated carbocycles. The number of hydrogen-bond donors (Lipinski definition) is 6. The van der Waals surface area contributed by atoms with Gasteiger partial charge in [-0.25, -0.2) is 41.3 Å². The average Bonchev–Trinajstić information content (AvgIpc) is 3.33.